The topological polar surface area (TPSA) is 112 Å². The molecule has 3 aromatic heterocycles. The van der Waals surface area contributed by atoms with Crippen LogP contribution in [0, 0.1) is 0 Å². The van der Waals surface area contributed by atoms with Crippen LogP contribution >= 0.6 is 0 Å². The Hall–Kier alpha value is -3.37. The van der Waals surface area contributed by atoms with Crippen LogP contribution in [0.4, 0.5) is 24.8 Å². The Morgan fingerprint density at radius 2 is 2.08 bits per heavy atom. The van der Waals surface area contributed by atoms with Crippen molar-refractivity contribution in [2.45, 2.75) is 6.18 Å². The molecule has 11 heteroatoms. The first-order chi connectivity index (χ1) is 11.8. The molecule has 0 radical (unpaired) electrons. The number of amides is 1. The normalized spacial score (nSPS) is 11.5. The summed E-state index contributed by atoms with van der Waals surface area (Å²) < 4.78 is 44.0. The molecule has 3 N–H and O–H groups in total. The van der Waals surface area contributed by atoms with Gasteiger partial charge in [0.25, 0.3) is 5.91 Å². The monoisotopic (exact) mass is 352 g/mol. The van der Waals surface area contributed by atoms with E-state index in [1.54, 1.807) is 0 Å². The Morgan fingerprint density at radius 3 is 2.64 bits per heavy atom. The summed E-state index contributed by atoms with van der Waals surface area (Å²) >= 11 is 0. The molecule has 3 rings (SSSR count). The third kappa shape index (κ3) is 3.29. The fourth-order valence-corrected chi connectivity index (χ4v) is 2.13. The highest BCUT2D eigenvalue weighted by molar-refractivity contribution is 6.01. The van der Waals surface area contributed by atoms with Crippen molar-refractivity contribution < 1.29 is 22.5 Å². The van der Waals surface area contributed by atoms with Crippen molar-refractivity contribution >= 4 is 17.5 Å². The van der Waals surface area contributed by atoms with Crippen LogP contribution in [0.1, 0.15) is 16.2 Å². The molecule has 3 aromatic rings. The number of alkyl halides is 3. The third-order valence-corrected chi connectivity index (χ3v) is 3.27. The van der Waals surface area contributed by atoms with Gasteiger partial charge >= 0.3 is 6.18 Å². The minimum absolute atomic E-state index is 0.0223. The number of aromatic nitrogens is 4. The van der Waals surface area contributed by atoms with Crippen LogP contribution < -0.4 is 11.1 Å². The minimum atomic E-state index is -4.57. The van der Waals surface area contributed by atoms with Gasteiger partial charge in [0.1, 0.15) is 11.6 Å². The summed E-state index contributed by atoms with van der Waals surface area (Å²) in [4.78, 5) is 15.8. The van der Waals surface area contributed by atoms with Crippen molar-refractivity contribution in [3.8, 4) is 11.3 Å². The molecule has 0 aliphatic carbocycles. The summed E-state index contributed by atoms with van der Waals surface area (Å²) in [5.41, 5.74) is 5.18. The summed E-state index contributed by atoms with van der Waals surface area (Å²) in [6, 6.07) is 5.08. The molecule has 0 aliphatic heterocycles. The van der Waals surface area contributed by atoms with E-state index in [0.717, 1.165) is 10.7 Å². The summed E-state index contributed by atoms with van der Waals surface area (Å²) in [7, 11) is 1.36. The third-order valence-electron chi connectivity index (χ3n) is 3.27. The molecule has 0 unspecified atom stereocenters. The van der Waals surface area contributed by atoms with Crippen LogP contribution in [0.25, 0.3) is 11.3 Å². The molecule has 0 atom stereocenters. The summed E-state index contributed by atoms with van der Waals surface area (Å²) in [5.74, 6) is -0.559. The number of pyridine rings is 1. The zero-order valence-corrected chi connectivity index (χ0v) is 12.7. The van der Waals surface area contributed by atoms with E-state index in [2.05, 4.69) is 20.6 Å². The van der Waals surface area contributed by atoms with Gasteiger partial charge < -0.3 is 15.6 Å². The van der Waals surface area contributed by atoms with Gasteiger partial charge in [-0.15, -0.1) is 0 Å². The molecular formula is C14H11F3N6O2. The zero-order chi connectivity index (χ0) is 18.2. The Morgan fingerprint density at radius 1 is 1.32 bits per heavy atom. The van der Waals surface area contributed by atoms with Crippen LogP contribution in [-0.2, 0) is 13.2 Å². The molecular weight excluding hydrogens is 341 g/mol. The molecule has 0 aromatic carbocycles. The van der Waals surface area contributed by atoms with E-state index < -0.39 is 17.8 Å². The molecule has 0 fully saturated rings. The molecule has 0 aliphatic rings. The van der Waals surface area contributed by atoms with Gasteiger partial charge in [0.2, 0.25) is 5.76 Å². The van der Waals surface area contributed by atoms with Crippen molar-refractivity contribution in [3.05, 3.63) is 41.9 Å². The van der Waals surface area contributed by atoms with Crippen molar-refractivity contribution in [3.63, 3.8) is 0 Å². The lowest BCUT2D eigenvalue weighted by atomic mass is 10.1. The smallest absolute Gasteiger partial charge is 0.383 e. The van der Waals surface area contributed by atoms with E-state index in [1.807, 2.05) is 0 Å². The number of hydrogen-bond donors (Lipinski definition) is 2. The van der Waals surface area contributed by atoms with Crippen molar-refractivity contribution in [1.82, 2.24) is 19.9 Å². The van der Waals surface area contributed by atoms with Crippen LogP contribution in [-0.4, -0.2) is 25.8 Å². The van der Waals surface area contributed by atoms with E-state index in [1.165, 1.54) is 31.4 Å². The summed E-state index contributed by atoms with van der Waals surface area (Å²) in [6.45, 7) is 0. The van der Waals surface area contributed by atoms with Gasteiger partial charge in [-0.3, -0.25) is 9.48 Å². The minimum Gasteiger partial charge on any atom is -0.383 e. The number of nitrogens with zero attached hydrogens (tertiary/aromatic N) is 4. The van der Waals surface area contributed by atoms with Crippen LogP contribution in [0.5, 0.6) is 0 Å². The SMILES string of the molecule is Cn1nc(C(F)(F)F)cc1-c1ccc(NC(=O)c2ccno2)nc1N. The molecule has 0 bridgehead atoms. The highest BCUT2D eigenvalue weighted by Gasteiger charge is 2.35. The van der Waals surface area contributed by atoms with Crippen molar-refractivity contribution in [2.75, 3.05) is 11.1 Å². The first-order valence-corrected chi connectivity index (χ1v) is 6.86. The second-order valence-corrected chi connectivity index (χ2v) is 5.00. The lowest BCUT2D eigenvalue weighted by Gasteiger charge is -2.08. The molecule has 25 heavy (non-hydrogen) atoms. The lowest BCUT2D eigenvalue weighted by Crippen LogP contribution is -2.13. The highest BCUT2D eigenvalue weighted by Crippen LogP contribution is 2.33. The van der Waals surface area contributed by atoms with Crippen molar-refractivity contribution in [1.29, 1.82) is 0 Å². The number of anilines is 2. The zero-order valence-electron chi connectivity index (χ0n) is 12.7. The number of aryl methyl sites for hydroxylation is 1. The molecule has 8 nitrogen and oxygen atoms in total. The van der Waals surface area contributed by atoms with Gasteiger partial charge in [0, 0.05) is 18.7 Å². The predicted octanol–water partition coefficient (Wildman–Crippen LogP) is 2.32. The Labute approximate surface area is 138 Å². The van der Waals surface area contributed by atoms with E-state index in [0.29, 0.717) is 0 Å². The van der Waals surface area contributed by atoms with E-state index in [9.17, 15) is 18.0 Å². The Bertz CT molecular complexity index is 917. The van der Waals surface area contributed by atoms with Gasteiger partial charge in [0.15, 0.2) is 5.69 Å². The molecule has 0 saturated heterocycles. The first-order valence-electron chi connectivity index (χ1n) is 6.86. The number of nitrogens with one attached hydrogen (secondary N) is 1. The van der Waals surface area contributed by atoms with Gasteiger partial charge in [-0.1, -0.05) is 5.16 Å². The highest BCUT2D eigenvalue weighted by atomic mass is 19.4. The number of rotatable bonds is 3. The number of halogens is 3. The standard InChI is InChI=1S/C14H11F3N6O2/c1-23-8(6-10(22-23)14(15,16)17)7-2-3-11(20-12(7)18)21-13(24)9-4-5-19-25-9/h2-6H,1H3,(H3,18,20,21,24). The van der Waals surface area contributed by atoms with E-state index in [-0.39, 0.29) is 28.7 Å². The maximum Gasteiger partial charge on any atom is 0.435 e. The number of nitrogens with two attached hydrogens (primary N) is 1. The lowest BCUT2D eigenvalue weighted by molar-refractivity contribution is -0.141. The summed E-state index contributed by atoms with van der Waals surface area (Å²) in [5, 5.41) is 9.27. The Balaban J connectivity index is 1.88. The fraction of sp³-hybridized carbons (Fsp3) is 0.143. The molecule has 1 amide bonds. The average molecular weight is 352 g/mol. The van der Waals surface area contributed by atoms with Crippen LogP contribution in [0.2, 0.25) is 0 Å². The quantitative estimate of drug-likeness (QED) is 0.748. The van der Waals surface area contributed by atoms with Gasteiger partial charge in [-0.05, 0) is 18.2 Å². The number of hydrogen-bond acceptors (Lipinski definition) is 6. The Kier molecular flexibility index (Phi) is 3.91. The molecule has 0 spiro atoms. The summed E-state index contributed by atoms with van der Waals surface area (Å²) in [6.07, 6.45) is -3.26. The van der Waals surface area contributed by atoms with Crippen LogP contribution in [0.15, 0.2) is 35.0 Å². The molecule has 130 valence electrons. The van der Waals surface area contributed by atoms with Gasteiger partial charge in [0.05, 0.1) is 11.9 Å². The first kappa shape index (κ1) is 16.5. The number of nitrogen functional groups attached to an aromatic ring is 1. The van der Waals surface area contributed by atoms with Crippen molar-refractivity contribution in [2.24, 2.45) is 7.05 Å². The van der Waals surface area contributed by atoms with Gasteiger partial charge in [-0.25, -0.2) is 4.98 Å². The number of carbonyl (C=O) groups excluding carboxylic acids is 1. The second kappa shape index (κ2) is 5.92. The predicted molar refractivity (Wildman–Crippen MR) is 80.3 cm³/mol. The second-order valence-electron chi connectivity index (χ2n) is 5.00. The maximum atomic E-state index is 12.8. The molecule has 0 saturated carbocycles. The largest absolute Gasteiger partial charge is 0.435 e. The van der Waals surface area contributed by atoms with E-state index in [4.69, 9.17) is 10.3 Å². The fourth-order valence-electron chi connectivity index (χ4n) is 2.13. The van der Waals surface area contributed by atoms with Gasteiger partial charge in [-0.2, -0.15) is 18.3 Å². The molecule has 3 heterocycles. The number of carbonyl (C=O) groups is 1. The average Bonchev–Trinajstić information content (AvgIpc) is 3.16. The van der Waals surface area contributed by atoms with Crippen LogP contribution in [0.3, 0.4) is 0 Å². The van der Waals surface area contributed by atoms with E-state index >= 15 is 0 Å². The maximum absolute atomic E-state index is 12.8.